The Morgan fingerprint density at radius 3 is 2.32 bits per heavy atom. The van der Waals surface area contributed by atoms with Crippen LogP contribution in [0, 0.1) is 0 Å². The average molecular weight is 504 g/mol. The summed E-state index contributed by atoms with van der Waals surface area (Å²) in [7, 11) is 0. The predicted octanol–water partition coefficient (Wildman–Crippen LogP) is 3.05. The second-order valence-corrected chi connectivity index (χ2v) is 9.89. The maximum absolute atomic E-state index is 13.1. The molecule has 2 aliphatic heterocycles. The van der Waals surface area contributed by atoms with Crippen LogP contribution in [0.25, 0.3) is 0 Å². The molecule has 37 heavy (non-hydrogen) atoms. The van der Waals surface area contributed by atoms with Crippen molar-refractivity contribution in [3.8, 4) is 0 Å². The van der Waals surface area contributed by atoms with Gasteiger partial charge in [0, 0.05) is 64.6 Å². The number of aryl methyl sites for hydroxylation is 1. The summed E-state index contributed by atoms with van der Waals surface area (Å²) < 4.78 is 5.69. The van der Waals surface area contributed by atoms with Crippen LogP contribution in [-0.4, -0.2) is 89.6 Å². The first kappa shape index (κ1) is 25.4. The van der Waals surface area contributed by atoms with E-state index in [9.17, 15) is 9.90 Å². The molecule has 1 atom stereocenters. The molecule has 2 saturated heterocycles. The summed E-state index contributed by atoms with van der Waals surface area (Å²) >= 11 is 0. The summed E-state index contributed by atoms with van der Waals surface area (Å²) in [5, 5.41) is 10.5. The van der Waals surface area contributed by atoms with Crippen LogP contribution >= 0.6 is 0 Å². The number of piperazine rings is 2. The van der Waals surface area contributed by atoms with Gasteiger partial charge in [-0.1, -0.05) is 55.5 Å². The van der Waals surface area contributed by atoms with Gasteiger partial charge in [0.25, 0.3) is 5.91 Å². The minimum Gasteiger partial charge on any atom is -0.447 e. The summed E-state index contributed by atoms with van der Waals surface area (Å²) in [5.74, 6) is 0.523. The maximum atomic E-state index is 13.1. The van der Waals surface area contributed by atoms with Crippen LogP contribution in [0.4, 0.5) is 5.69 Å². The highest BCUT2D eigenvalue weighted by molar-refractivity contribution is 5.92. The molecule has 1 amide bonds. The molecule has 0 radical (unpaired) electrons. The highest BCUT2D eigenvalue weighted by atomic mass is 16.3. The molecule has 8 nitrogen and oxygen atoms in total. The van der Waals surface area contributed by atoms with E-state index in [1.165, 1.54) is 17.5 Å². The fraction of sp³-hybridized carbons (Fsp3) is 0.448. The molecule has 2 fully saturated rings. The fourth-order valence-electron chi connectivity index (χ4n) is 5.26. The molecule has 3 heterocycles. The molecule has 196 valence electrons. The molecular formula is C29H37N5O3. The van der Waals surface area contributed by atoms with Gasteiger partial charge in [-0.05, 0) is 23.6 Å². The maximum Gasteiger partial charge on any atom is 0.275 e. The van der Waals surface area contributed by atoms with Crippen molar-refractivity contribution in [3.63, 3.8) is 0 Å². The standard InChI is InChI=1S/C29H37N5O3/c1-2-23-8-6-7-11-26(23)33-16-18-34(19-17-33)29(36)25-22-37-28(30-25)21-32-14-12-31(13-15-32)20-27(35)24-9-4-3-5-10-24/h3-11,22,27,35H,2,12-21H2,1H3/t27-/m1/s1. The number of carbonyl (C=O) groups is 1. The number of hydrogen-bond donors (Lipinski definition) is 1. The number of benzene rings is 2. The predicted molar refractivity (Wildman–Crippen MR) is 144 cm³/mol. The molecule has 8 heteroatoms. The van der Waals surface area contributed by atoms with Gasteiger partial charge in [-0.15, -0.1) is 0 Å². The van der Waals surface area contributed by atoms with E-state index in [0.29, 0.717) is 37.8 Å². The summed E-state index contributed by atoms with van der Waals surface area (Å²) in [5.41, 5.74) is 3.96. The molecule has 0 aliphatic carbocycles. The Bertz CT molecular complexity index is 1150. The van der Waals surface area contributed by atoms with Crippen molar-refractivity contribution in [2.45, 2.75) is 26.0 Å². The number of nitrogens with zero attached hydrogens (tertiary/aromatic N) is 5. The van der Waals surface area contributed by atoms with Gasteiger partial charge in [0.05, 0.1) is 12.6 Å². The number of anilines is 1. The molecule has 2 aliphatic rings. The van der Waals surface area contributed by atoms with E-state index in [0.717, 1.165) is 51.3 Å². The molecule has 5 rings (SSSR count). The zero-order valence-electron chi connectivity index (χ0n) is 21.6. The minimum atomic E-state index is -0.476. The number of amides is 1. The van der Waals surface area contributed by atoms with Gasteiger partial charge in [-0.2, -0.15) is 0 Å². The third kappa shape index (κ3) is 6.21. The Hall–Kier alpha value is -3.20. The zero-order chi connectivity index (χ0) is 25.6. The number of rotatable bonds is 8. The Balaban J connectivity index is 1.08. The summed E-state index contributed by atoms with van der Waals surface area (Å²) in [6.45, 7) is 9.87. The van der Waals surface area contributed by atoms with Crippen molar-refractivity contribution in [3.05, 3.63) is 83.6 Å². The second-order valence-electron chi connectivity index (χ2n) is 9.89. The molecular weight excluding hydrogens is 466 g/mol. The van der Waals surface area contributed by atoms with Crippen molar-refractivity contribution >= 4 is 11.6 Å². The fourth-order valence-corrected chi connectivity index (χ4v) is 5.26. The lowest BCUT2D eigenvalue weighted by molar-refractivity contribution is 0.0671. The minimum absolute atomic E-state index is 0.0573. The number of aliphatic hydroxyl groups excluding tert-OH is 1. The van der Waals surface area contributed by atoms with Gasteiger partial charge in [-0.3, -0.25) is 14.6 Å². The van der Waals surface area contributed by atoms with Crippen LogP contribution in [0.15, 0.2) is 65.3 Å². The summed E-state index contributed by atoms with van der Waals surface area (Å²) in [6.07, 6.45) is 2.03. The number of carbonyl (C=O) groups excluding carboxylic acids is 1. The lowest BCUT2D eigenvalue weighted by atomic mass is 10.1. The van der Waals surface area contributed by atoms with Crippen molar-refractivity contribution in [1.29, 1.82) is 0 Å². The molecule has 0 unspecified atom stereocenters. The van der Waals surface area contributed by atoms with Crippen LogP contribution in [0.2, 0.25) is 0 Å². The lowest BCUT2D eigenvalue weighted by Gasteiger charge is -2.36. The molecule has 3 aromatic rings. The molecule has 0 spiro atoms. The largest absolute Gasteiger partial charge is 0.447 e. The zero-order valence-corrected chi connectivity index (χ0v) is 21.6. The van der Waals surface area contributed by atoms with Gasteiger partial charge < -0.3 is 19.3 Å². The summed E-state index contributed by atoms with van der Waals surface area (Å²) in [6, 6.07) is 18.3. The molecule has 2 aromatic carbocycles. The van der Waals surface area contributed by atoms with Gasteiger partial charge in [0.1, 0.15) is 6.26 Å². The van der Waals surface area contributed by atoms with E-state index in [2.05, 4.69) is 50.9 Å². The topological polar surface area (TPSA) is 76.3 Å². The smallest absolute Gasteiger partial charge is 0.275 e. The highest BCUT2D eigenvalue weighted by Gasteiger charge is 2.26. The number of oxazole rings is 1. The van der Waals surface area contributed by atoms with Crippen molar-refractivity contribution in [2.24, 2.45) is 0 Å². The van der Waals surface area contributed by atoms with E-state index < -0.39 is 6.10 Å². The molecule has 0 bridgehead atoms. The third-order valence-electron chi connectivity index (χ3n) is 7.49. The third-order valence-corrected chi connectivity index (χ3v) is 7.49. The number of hydrogen-bond acceptors (Lipinski definition) is 7. The SMILES string of the molecule is CCc1ccccc1N1CCN(C(=O)c2coc(CN3CCN(C[C@@H](O)c4ccccc4)CC3)n2)CC1. The van der Waals surface area contributed by atoms with Crippen LogP contribution in [-0.2, 0) is 13.0 Å². The average Bonchev–Trinajstić information content (AvgIpc) is 3.42. The Morgan fingerprint density at radius 1 is 0.919 bits per heavy atom. The quantitative estimate of drug-likeness (QED) is 0.506. The number of aromatic nitrogens is 1. The van der Waals surface area contributed by atoms with Crippen LogP contribution in [0.1, 0.15) is 40.5 Å². The monoisotopic (exact) mass is 503 g/mol. The number of β-amino-alcohol motifs (C(OH)–C–C–N with tert-alkyl or cyclic N) is 1. The van der Waals surface area contributed by atoms with Crippen LogP contribution in [0.5, 0.6) is 0 Å². The van der Waals surface area contributed by atoms with Gasteiger partial charge in [-0.25, -0.2) is 4.98 Å². The van der Waals surface area contributed by atoms with Gasteiger partial charge in [0.15, 0.2) is 5.69 Å². The van der Waals surface area contributed by atoms with Gasteiger partial charge >= 0.3 is 0 Å². The number of aliphatic hydroxyl groups is 1. The summed E-state index contributed by atoms with van der Waals surface area (Å²) in [4.78, 5) is 26.4. The molecule has 0 saturated carbocycles. The van der Waals surface area contributed by atoms with Crippen LogP contribution < -0.4 is 4.90 Å². The van der Waals surface area contributed by atoms with Crippen molar-refractivity contribution < 1.29 is 14.3 Å². The van der Waals surface area contributed by atoms with E-state index in [1.54, 1.807) is 0 Å². The first-order chi connectivity index (χ1) is 18.1. The normalized spacial score (nSPS) is 18.2. The van der Waals surface area contributed by atoms with Crippen LogP contribution in [0.3, 0.4) is 0 Å². The first-order valence-electron chi connectivity index (χ1n) is 13.3. The second kappa shape index (κ2) is 11.9. The van der Waals surface area contributed by atoms with Gasteiger partial charge in [0.2, 0.25) is 5.89 Å². The lowest BCUT2D eigenvalue weighted by Crippen LogP contribution is -2.49. The van der Waals surface area contributed by atoms with Crippen molar-refractivity contribution in [1.82, 2.24) is 19.7 Å². The van der Waals surface area contributed by atoms with Crippen molar-refractivity contribution in [2.75, 3.05) is 63.8 Å². The first-order valence-corrected chi connectivity index (χ1v) is 13.3. The van der Waals surface area contributed by atoms with E-state index in [1.807, 2.05) is 35.2 Å². The Kier molecular flexibility index (Phi) is 8.18. The highest BCUT2D eigenvalue weighted by Crippen LogP contribution is 2.23. The molecule has 1 aromatic heterocycles. The van der Waals surface area contributed by atoms with E-state index in [-0.39, 0.29) is 5.91 Å². The molecule has 1 N–H and O–H groups in total. The Morgan fingerprint density at radius 2 is 1.59 bits per heavy atom. The Labute approximate surface area is 219 Å². The van der Waals surface area contributed by atoms with E-state index in [4.69, 9.17) is 4.42 Å². The van der Waals surface area contributed by atoms with E-state index >= 15 is 0 Å². The number of para-hydroxylation sites is 1.